The molecule has 102 valence electrons. The third-order valence-corrected chi connectivity index (χ3v) is 3.91. The molecule has 4 nitrogen and oxygen atoms in total. The Labute approximate surface area is 124 Å². The van der Waals surface area contributed by atoms with E-state index in [0.717, 1.165) is 20.7 Å². The van der Waals surface area contributed by atoms with Crippen LogP contribution in [0.3, 0.4) is 0 Å². The van der Waals surface area contributed by atoms with E-state index >= 15 is 0 Å². The molecule has 19 heavy (non-hydrogen) atoms. The molecule has 6 heteroatoms. The van der Waals surface area contributed by atoms with Gasteiger partial charge in [-0.05, 0) is 40.5 Å². The van der Waals surface area contributed by atoms with Gasteiger partial charge < -0.3 is 14.6 Å². The van der Waals surface area contributed by atoms with Gasteiger partial charge in [0.1, 0.15) is 6.61 Å². The molecule has 1 N–H and O–H groups in total. The number of aliphatic hydroxyl groups excluding tert-OH is 1. The Bertz CT molecular complexity index is 571. The predicted octanol–water partition coefficient (Wildman–Crippen LogP) is 3.29. The maximum absolute atomic E-state index is 9.16. The monoisotopic (exact) mass is 343 g/mol. The van der Waals surface area contributed by atoms with E-state index in [-0.39, 0.29) is 6.61 Å². The van der Waals surface area contributed by atoms with Crippen molar-refractivity contribution in [2.24, 2.45) is 0 Å². The molecule has 0 saturated heterocycles. The van der Waals surface area contributed by atoms with Gasteiger partial charge in [0.2, 0.25) is 0 Å². The van der Waals surface area contributed by atoms with Crippen LogP contribution in [0.1, 0.15) is 16.3 Å². The summed E-state index contributed by atoms with van der Waals surface area (Å²) >= 11 is 5.02. The summed E-state index contributed by atoms with van der Waals surface area (Å²) in [7, 11) is 1.57. The SMILES string of the molecule is COc1cc(CO)cc(Br)c1OCc1csc(C)n1. The van der Waals surface area contributed by atoms with Crippen molar-refractivity contribution in [3.8, 4) is 11.5 Å². The van der Waals surface area contributed by atoms with Crippen LogP contribution in [0.25, 0.3) is 0 Å². The maximum Gasteiger partial charge on any atom is 0.175 e. The van der Waals surface area contributed by atoms with Gasteiger partial charge in [-0.3, -0.25) is 0 Å². The van der Waals surface area contributed by atoms with Crippen LogP contribution in [0.4, 0.5) is 0 Å². The lowest BCUT2D eigenvalue weighted by atomic mass is 10.2. The summed E-state index contributed by atoms with van der Waals surface area (Å²) in [5.41, 5.74) is 1.66. The number of hydrogen-bond acceptors (Lipinski definition) is 5. The van der Waals surface area contributed by atoms with Crippen LogP contribution in [-0.4, -0.2) is 17.2 Å². The topological polar surface area (TPSA) is 51.6 Å². The lowest BCUT2D eigenvalue weighted by molar-refractivity contribution is 0.271. The summed E-state index contributed by atoms with van der Waals surface area (Å²) in [6, 6.07) is 3.57. The highest BCUT2D eigenvalue weighted by Gasteiger charge is 2.12. The molecule has 0 bridgehead atoms. The highest BCUT2D eigenvalue weighted by molar-refractivity contribution is 9.10. The third-order valence-electron chi connectivity index (χ3n) is 2.50. The number of nitrogens with zero attached hydrogens (tertiary/aromatic N) is 1. The smallest absolute Gasteiger partial charge is 0.175 e. The van der Waals surface area contributed by atoms with Crippen LogP contribution in [-0.2, 0) is 13.2 Å². The van der Waals surface area contributed by atoms with E-state index in [2.05, 4.69) is 20.9 Å². The summed E-state index contributed by atoms with van der Waals surface area (Å²) in [4.78, 5) is 4.34. The molecule has 1 heterocycles. The Morgan fingerprint density at radius 1 is 1.42 bits per heavy atom. The van der Waals surface area contributed by atoms with E-state index in [1.54, 1.807) is 24.5 Å². The number of halogens is 1. The van der Waals surface area contributed by atoms with Gasteiger partial charge in [0, 0.05) is 5.38 Å². The minimum atomic E-state index is -0.0411. The first-order valence-electron chi connectivity index (χ1n) is 5.65. The van der Waals surface area contributed by atoms with Gasteiger partial charge in [0.25, 0.3) is 0 Å². The minimum Gasteiger partial charge on any atom is -0.493 e. The van der Waals surface area contributed by atoms with Crippen molar-refractivity contribution in [3.05, 3.63) is 38.3 Å². The second-order valence-corrected chi connectivity index (χ2v) is 5.83. The molecule has 0 radical (unpaired) electrons. The number of hydrogen-bond donors (Lipinski definition) is 1. The van der Waals surface area contributed by atoms with Crippen molar-refractivity contribution in [1.29, 1.82) is 0 Å². The summed E-state index contributed by atoms with van der Waals surface area (Å²) < 4.78 is 11.8. The zero-order valence-electron chi connectivity index (χ0n) is 10.6. The van der Waals surface area contributed by atoms with Crippen molar-refractivity contribution >= 4 is 27.3 Å². The normalized spacial score (nSPS) is 10.5. The van der Waals surface area contributed by atoms with Crippen molar-refractivity contribution in [2.75, 3.05) is 7.11 Å². The molecule has 2 rings (SSSR count). The fourth-order valence-corrected chi connectivity index (χ4v) is 2.83. The van der Waals surface area contributed by atoms with Crippen LogP contribution in [0.15, 0.2) is 22.0 Å². The number of thiazole rings is 1. The highest BCUT2D eigenvalue weighted by Crippen LogP contribution is 2.37. The summed E-state index contributed by atoms with van der Waals surface area (Å²) in [6.45, 7) is 2.30. The fraction of sp³-hybridized carbons (Fsp3) is 0.308. The van der Waals surface area contributed by atoms with Crippen molar-refractivity contribution < 1.29 is 14.6 Å². The molecule has 0 amide bonds. The van der Waals surface area contributed by atoms with Crippen LogP contribution in [0.2, 0.25) is 0 Å². The van der Waals surface area contributed by atoms with Gasteiger partial charge in [-0.25, -0.2) is 4.98 Å². The summed E-state index contributed by atoms with van der Waals surface area (Å²) in [5, 5.41) is 12.1. The molecule has 0 aliphatic carbocycles. The molecule has 0 atom stereocenters. The van der Waals surface area contributed by atoms with Crippen LogP contribution >= 0.6 is 27.3 Å². The second-order valence-electron chi connectivity index (χ2n) is 3.91. The van der Waals surface area contributed by atoms with Crippen LogP contribution < -0.4 is 9.47 Å². The van der Waals surface area contributed by atoms with Gasteiger partial charge in [-0.15, -0.1) is 11.3 Å². The maximum atomic E-state index is 9.16. The Kier molecular flexibility index (Phi) is 4.79. The molecule has 1 aromatic carbocycles. The Hall–Kier alpha value is -1.11. The number of ether oxygens (including phenoxy) is 2. The molecule has 0 saturated carbocycles. The molecule has 0 unspecified atom stereocenters. The largest absolute Gasteiger partial charge is 0.493 e. The van der Waals surface area contributed by atoms with Crippen molar-refractivity contribution in [1.82, 2.24) is 4.98 Å². The van der Waals surface area contributed by atoms with Gasteiger partial charge >= 0.3 is 0 Å². The predicted molar refractivity (Wildman–Crippen MR) is 77.8 cm³/mol. The van der Waals surface area contributed by atoms with E-state index in [1.165, 1.54) is 0 Å². The van der Waals surface area contributed by atoms with Gasteiger partial charge in [-0.1, -0.05) is 0 Å². The zero-order chi connectivity index (χ0) is 13.8. The van der Waals surface area contributed by atoms with Crippen LogP contribution in [0, 0.1) is 6.92 Å². The summed E-state index contributed by atoms with van der Waals surface area (Å²) in [5.74, 6) is 1.20. The van der Waals surface area contributed by atoms with E-state index in [1.807, 2.05) is 18.4 Å². The second kappa shape index (κ2) is 6.36. The lowest BCUT2D eigenvalue weighted by Crippen LogP contribution is -2.00. The van der Waals surface area contributed by atoms with Crippen molar-refractivity contribution in [2.45, 2.75) is 20.1 Å². The van der Waals surface area contributed by atoms with Crippen LogP contribution in [0.5, 0.6) is 11.5 Å². The molecular weight excluding hydrogens is 330 g/mol. The number of methoxy groups -OCH3 is 1. The molecule has 1 aromatic heterocycles. The Morgan fingerprint density at radius 2 is 2.21 bits per heavy atom. The van der Waals surface area contributed by atoms with Gasteiger partial charge in [0.05, 0.1) is 28.9 Å². The average molecular weight is 344 g/mol. The molecular formula is C13H14BrNO3S. The number of benzene rings is 1. The first-order chi connectivity index (χ1) is 9.13. The van der Waals surface area contributed by atoms with E-state index in [4.69, 9.17) is 14.6 Å². The van der Waals surface area contributed by atoms with Gasteiger partial charge in [0.15, 0.2) is 11.5 Å². The zero-order valence-corrected chi connectivity index (χ0v) is 13.0. The van der Waals surface area contributed by atoms with Gasteiger partial charge in [-0.2, -0.15) is 0 Å². The molecule has 0 fully saturated rings. The third kappa shape index (κ3) is 3.46. The van der Waals surface area contributed by atoms with E-state index < -0.39 is 0 Å². The van der Waals surface area contributed by atoms with E-state index in [9.17, 15) is 0 Å². The summed E-state index contributed by atoms with van der Waals surface area (Å²) in [6.07, 6.45) is 0. The fourth-order valence-electron chi connectivity index (χ4n) is 1.63. The molecule has 0 aliphatic rings. The number of aliphatic hydroxyl groups is 1. The minimum absolute atomic E-state index is 0.0411. The molecule has 2 aromatic rings. The first-order valence-corrected chi connectivity index (χ1v) is 7.32. The Morgan fingerprint density at radius 3 is 2.79 bits per heavy atom. The number of aromatic nitrogens is 1. The van der Waals surface area contributed by atoms with Crippen molar-refractivity contribution in [3.63, 3.8) is 0 Å². The van der Waals surface area contributed by atoms with E-state index in [0.29, 0.717) is 18.1 Å². The molecule has 0 aliphatic heterocycles. The average Bonchev–Trinajstić information content (AvgIpc) is 2.82. The highest BCUT2D eigenvalue weighted by atomic mass is 79.9. The lowest BCUT2D eigenvalue weighted by Gasteiger charge is -2.13. The standard InChI is InChI=1S/C13H14BrNO3S/c1-8-15-10(7-19-8)6-18-13-11(14)3-9(5-16)4-12(13)17-2/h3-4,7,16H,5-6H2,1-2H3. The Balaban J connectivity index is 2.19. The first kappa shape index (κ1) is 14.3. The molecule has 0 spiro atoms. The quantitative estimate of drug-likeness (QED) is 0.904. The number of aryl methyl sites for hydroxylation is 1. The number of rotatable bonds is 5.